The Bertz CT molecular complexity index is 738. The van der Waals surface area contributed by atoms with Crippen LogP contribution in [-0.4, -0.2) is 27.1 Å². The first-order valence-corrected chi connectivity index (χ1v) is 6.43. The summed E-state index contributed by atoms with van der Waals surface area (Å²) in [4.78, 5) is 26.9. The number of benzene rings is 1. The molecule has 0 atom stereocenters. The summed E-state index contributed by atoms with van der Waals surface area (Å²) in [5, 5.41) is 19.1. The molecule has 1 aromatic heterocycles. The molecule has 5 nitrogen and oxygen atoms in total. The van der Waals surface area contributed by atoms with Gasteiger partial charge in [-0.2, -0.15) is 0 Å². The van der Waals surface area contributed by atoms with Crippen LogP contribution < -0.4 is 0 Å². The highest BCUT2D eigenvalue weighted by Gasteiger charge is 2.23. The van der Waals surface area contributed by atoms with Crippen LogP contribution in [0.25, 0.3) is 11.1 Å². The van der Waals surface area contributed by atoms with E-state index in [9.17, 15) is 19.8 Å². The van der Waals surface area contributed by atoms with E-state index in [4.69, 9.17) is 11.6 Å². The second-order valence-electron chi connectivity index (χ2n) is 4.60. The van der Waals surface area contributed by atoms with E-state index < -0.39 is 11.9 Å². The summed E-state index contributed by atoms with van der Waals surface area (Å²) in [6, 6.07) is 4.51. The van der Waals surface area contributed by atoms with Gasteiger partial charge in [-0.15, -0.1) is 0 Å². The SMILES string of the molecule is Cc1cc(C(=O)O)c(-c2ccc(Cl)nc2)c(C(=O)O)c1C. The molecule has 0 unspecified atom stereocenters. The van der Waals surface area contributed by atoms with Gasteiger partial charge in [0.05, 0.1) is 11.1 Å². The number of pyridine rings is 1. The van der Waals surface area contributed by atoms with Crippen LogP contribution in [0.2, 0.25) is 5.15 Å². The second-order valence-corrected chi connectivity index (χ2v) is 4.98. The predicted octanol–water partition coefficient (Wildman–Crippen LogP) is 3.42. The van der Waals surface area contributed by atoms with Gasteiger partial charge >= 0.3 is 11.9 Å². The van der Waals surface area contributed by atoms with Gasteiger partial charge in [0.15, 0.2) is 0 Å². The van der Waals surface area contributed by atoms with Crippen LogP contribution in [-0.2, 0) is 0 Å². The molecular weight excluding hydrogens is 294 g/mol. The Morgan fingerprint density at radius 1 is 1.14 bits per heavy atom. The number of aromatic nitrogens is 1. The lowest BCUT2D eigenvalue weighted by molar-refractivity contribution is 0.0695. The maximum atomic E-state index is 11.6. The van der Waals surface area contributed by atoms with Crippen LogP contribution >= 0.6 is 11.6 Å². The van der Waals surface area contributed by atoms with E-state index >= 15 is 0 Å². The highest BCUT2D eigenvalue weighted by atomic mass is 35.5. The Morgan fingerprint density at radius 2 is 1.81 bits per heavy atom. The fraction of sp³-hybridized carbons (Fsp3) is 0.133. The van der Waals surface area contributed by atoms with Crippen LogP contribution in [0, 0.1) is 13.8 Å². The minimum atomic E-state index is -1.19. The van der Waals surface area contributed by atoms with E-state index in [1.165, 1.54) is 18.3 Å². The third kappa shape index (κ3) is 2.73. The molecule has 1 aromatic carbocycles. The molecule has 2 aromatic rings. The van der Waals surface area contributed by atoms with Crippen LogP contribution in [0.5, 0.6) is 0 Å². The van der Waals surface area contributed by atoms with Crippen molar-refractivity contribution in [3.05, 3.63) is 51.8 Å². The van der Waals surface area contributed by atoms with Gasteiger partial charge in [0.1, 0.15) is 5.15 Å². The van der Waals surface area contributed by atoms with Crippen LogP contribution in [0.15, 0.2) is 24.4 Å². The average molecular weight is 306 g/mol. The molecule has 1 heterocycles. The van der Waals surface area contributed by atoms with Gasteiger partial charge in [-0.1, -0.05) is 11.6 Å². The van der Waals surface area contributed by atoms with E-state index in [-0.39, 0.29) is 21.8 Å². The number of aromatic carboxylic acids is 2. The third-order valence-electron chi connectivity index (χ3n) is 3.31. The Hall–Kier alpha value is -2.40. The van der Waals surface area contributed by atoms with Crippen molar-refractivity contribution in [1.29, 1.82) is 0 Å². The molecular formula is C15H12ClNO4. The zero-order valence-electron chi connectivity index (χ0n) is 11.3. The lowest BCUT2D eigenvalue weighted by Crippen LogP contribution is -2.11. The Morgan fingerprint density at radius 3 is 2.29 bits per heavy atom. The number of carbonyl (C=O) groups is 2. The fourth-order valence-corrected chi connectivity index (χ4v) is 2.29. The molecule has 0 saturated heterocycles. The Labute approximate surface area is 125 Å². The van der Waals surface area contributed by atoms with E-state index in [1.54, 1.807) is 19.9 Å². The molecule has 0 saturated carbocycles. The van der Waals surface area contributed by atoms with Crippen LogP contribution in [0.1, 0.15) is 31.8 Å². The van der Waals surface area contributed by atoms with Crippen molar-refractivity contribution < 1.29 is 19.8 Å². The van der Waals surface area contributed by atoms with E-state index in [0.29, 0.717) is 16.7 Å². The third-order valence-corrected chi connectivity index (χ3v) is 3.53. The zero-order chi connectivity index (χ0) is 15.7. The zero-order valence-corrected chi connectivity index (χ0v) is 12.1. The Balaban J connectivity index is 2.89. The number of hydrogen-bond acceptors (Lipinski definition) is 3. The molecule has 2 rings (SSSR count). The number of hydrogen-bond donors (Lipinski definition) is 2. The normalized spacial score (nSPS) is 10.4. The molecule has 108 valence electrons. The predicted molar refractivity (Wildman–Crippen MR) is 78.1 cm³/mol. The number of halogens is 1. The van der Waals surface area contributed by atoms with Crippen molar-refractivity contribution in [3.63, 3.8) is 0 Å². The summed E-state index contributed by atoms with van der Waals surface area (Å²) in [5.74, 6) is -2.37. The summed E-state index contributed by atoms with van der Waals surface area (Å²) in [7, 11) is 0. The molecule has 0 spiro atoms. The van der Waals surface area contributed by atoms with Crippen molar-refractivity contribution in [3.8, 4) is 11.1 Å². The molecule has 21 heavy (non-hydrogen) atoms. The summed E-state index contributed by atoms with van der Waals surface area (Å²) < 4.78 is 0. The van der Waals surface area contributed by atoms with Crippen molar-refractivity contribution >= 4 is 23.5 Å². The van der Waals surface area contributed by atoms with Gasteiger partial charge in [-0.25, -0.2) is 14.6 Å². The monoisotopic (exact) mass is 305 g/mol. The molecule has 0 radical (unpaired) electrons. The van der Waals surface area contributed by atoms with E-state index in [0.717, 1.165) is 0 Å². The van der Waals surface area contributed by atoms with Crippen molar-refractivity contribution in [2.24, 2.45) is 0 Å². The highest BCUT2D eigenvalue weighted by molar-refractivity contribution is 6.29. The highest BCUT2D eigenvalue weighted by Crippen LogP contribution is 2.32. The number of carboxylic acids is 2. The van der Waals surface area contributed by atoms with Crippen molar-refractivity contribution in [1.82, 2.24) is 4.98 Å². The molecule has 0 fully saturated rings. The summed E-state index contributed by atoms with van der Waals surface area (Å²) in [6.07, 6.45) is 1.37. The molecule has 0 amide bonds. The second kappa shape index (κ2) is 5.54. The first kappa shape index (κ1) is 15.0. The van der Waals surface area contributed by atoms with Gasteiger partial charge in [0, 0.05) is 17.3 Å². The van der Waals surface area contributed by atoms with Crippen LogP contribution in [0.3, 0.4) is 0 Å². The number of rotatable bonds is 3. The molecule has 0 aliphatic rings. The first-order valence-electron chi connectivity index (χ1n) is 6.05. The first-order chi connectivity index (χ1) is 9.82. The maximum Gasteiger partial charge on any atom is 0.336 e. The quantitative estimate of drug-likeness (QED) is 0.848. The lowest BCUT2D eigenvalue weighted by Gasteiger charge is -2.15. The van der Waals surface area contributed by atoms with Gasteiger partial charge in [-0.05, 0) is 43.2 Å². The number of nitrogens with zero attached hydrogens (tertiary/aromatic N) is 1. The van der Waals surface area contributed by atoms with Crippen molar-refractivity contribution in [2.45, 2.75) is 13.8 Å². The van der Waals surface area contributed by atoms with E-state index in [2.05, 4.69) is 4.98 Å². The molecule has 0 aliphatic carbocycles. The summed E-state index contributed by atoms with van der Waals surface area (Å²) in [5.41, 5.74) is 1.57. The standard InChI is InChI=1S/C15H12ClNO4/c1-7-5-10(14(18)19)13(12(8(7)2)15(20)21)9-3-4-11(16)17-6-9/h3-6H,1-2H3,(H,18,19)(H,20,21). The van der Waals surface area contributed by atoms with Gasteiger partial charge < -0.3 is 10.2 Å². The smallest absolute Gasteiger partial charge is 0.336 e. The Kier molecular flexibility index (Phi) is 3.95. The largest absolute Gasteiger partial charge is 0.478 e. The summed E-state index contributed by atoms with van der Waals surface area (Å²) in [6.45, 7) is 3.33. The van der Waals surface area contributed by atoms with Gasteiger partial charge in [0.25, 0.3) is 0 Å². The number of carboxylic acid groups (broad SMARTS) is 2. The van der Waals surface area contributed by atoms with Crippen molar-refractivity contribution in [2.75, 3.05) is 0 Å². The average Bonchev–Trinajstić information content (AvgIpc) is 2.41. The van der Waals surface area contributed by atoms with Crippen LogP contribution in [0.4, 0.5) is 0 Å². The van der Waals surface area contributed by atoms with Gasteiger partial charge in [0.2, 0.25) is 0 Å². The number of aryl methyl sites for hydroxylation is 1. The molecule has 6 heteroatoms. The topological polar surface area (TPSA) is 87.5 Å². The minimum absolute atomic E-state index is 0.0310. The fourth-order valence-electron chi connectivity index (χ4n) is 2.18. The minimum Gasteiger partial charge on any atom is -0.478 e. The molecule has 2 N–H and O–H groups in total. The van der Waals surface area contributed by atoms with E-state index in [1.807, 2.05) is 0 Å². The maximum absolute atomic E-state index is 11.6. The summed E-state index contributed by atoms with van der Waals surface area (Å²) >= 11 is 5.72. The molecule has 0 bridgehead atoms. The lowest BCUT2D eigenvalue weighted by atomic mass is 9.89. The van der Waals surface area contributed by atoms with Gasteiger partial charge in [-0.3, -0.25) is 0 Å². The molecule has 0 aliphatic heterocycles.